The second-order valence-electron chi connectivity index (χ2n) is 7.86. The van der Waals surface area contributed by atoms with Crippen molar-refractivity contribution in [3.63, 3.8) is 0 Å². The molecule has 8 heteroatoms. The molecule has 0 atom stereocenters. The Kier molecular flexibility index (Phi) is 20.2. The van der Waals surface area contributed by atoms with Gasteiger partial charge in [0, 0.05) is 28.8 Å². The Labute approximate surface area is 240 Å². The Bertz CT molecular complexity index is 761. The number of ether oxygens (including phenoxy) is 4. The maximum absolute atomic E-state index is 5.55. The molecule has 0 heterocycles. The summed E-state index contributed by atoms with van der Waals surface area (Å²) < 4.78 is 22.2. The number of benzene rings is 2. The summed E-state index contributed by atoms with van der Waals surface area (Å²) >= 11 is 3.80. The highest BCUT2D eigenvalue weighted by Gasteiger charge is 1.98. The topological polar surface area (TPSA) is 36.9 Å². The van der Waals surface area contributed by atoms with E-state index in [1.807, 2.05) is 35.7 Å². The predicted molar refractivity (Wildman–Crippen MR) is 168 cm³/mol. The summed E-state index contributed by atoms with van der Waals surface area (Å²) in [5.74, 6) is 5.97. The van der Waals surface area contributed by atoms with Crippen LogP contribution in [0.15, 0.2) is 61.7 Å². The molecule has 0 N–H and O–H groups in total. The van der Waals surface area contributed by atoms with Crippen molar-refractivity contribution in [2.75, 3.05) is 63.0 Å². The van der Waals surface area contributed by atoms with Gasteiger partial charge in [-0.25, -0.2) is 0 Å². The number of hydrogen-bond donors (Lipinski definition) is 0. The van der Waals surface area contributed by atoms with E-state index >= 15 is 0 Å². The van der Waals surface area contributed by atoms with E-state index in [0.29, 0.717) is 33.4 Å². The quantitative estimate of drug-likeness (QED) is 0.0705. The maximum atomic E-state index is 5.55. The summed E-state index contributed by atoms with van der Waals surface area (Å²) in [5, 5.41) is 0. The van der Waals surface area contributed by atoms with Crippen molar-refractivity contribution in [2.24, 2.45) is 0 Å². The minimum Gasteiger partial charge on any atom is -0.355 e. The molecule has 0 aliphatic carbocycles. The van der Waals surface area contributed by atoms with Crippen LogP contribution in [0.5, 0.6) is 0 Å². The SMILES string of the molecule is C=Cc1ccc(CSCCCOCOCCSSCCOCOCCSCc2ccc(C=C)cc2)cc1. The highest BCUT2D eigenvalue weighted by atomic mass is 33.1. The predicted octanol–water partition coefficient (Wildman–Crippen LogP) is 7.89. The minimum atomic E-state index is 0.363. The van der Waals surface area contributed by atoms with Gasteiger partial charge >= 0.3 is 0 Å². The van der Waals surface area contributed by atoms with Crippen LogP contribution in [0.3, 0.4) is 0 Å². The monoisotopic (exact) mass is 580 g/mol. The van der Waals surface area contributed by atoms with Gasteiger partial charge in [-0.3, -0.25) is 0 Å². The van der Waals surface area contributed by atoms with Crippen LogP contribution in [0.25, 0.3) is 12.2 Å². The zero-order valence-electron chi connectivity index (χ0n) is 21.6. The first-order valence-corrected chi connectivity index (χ1v) is 17.2. The van der Waals surface area contributed by atoms with Gasteiger partial charge in [-0.05, 0) is 34.4 Å². The van der Waals surface area contributed by atoms with Gasteiger partial charge in [-0.2, -0.15) is 23.5 Å². The normalized spacial score (nSPS) is 11.0. The first-order chi connectivity index (χ1) is 18.3. The van der Waals surface area contributed by atoms with Gasteiger partial charge in [-0.1, -0.05) is 95.4 Å². The summed E-state index contributed by atoms with van der Waals surface area (Å²) in [6, 6.07) is 17.1. The third kappa shape index (κ3) is 17.4. The average Bonchev–Trinajstić information content (AvgIpc) is 2.94. The van der Waals surface area contributed by atoms with Crippen molar-refractivity contribution >= 4 is 57.3 Å². The standard InChI is InChI=1S/C29H40O4S4/c1-3-26-6-10-28(11-7-26)22-34-18-5-14-30-24-32-16-20-36-37-21-17-33-25-31-15-19-35-23-29-12-8-27(4-2)9-13-29/h3-4,6-13H,1-2,5,14-25H2. The van der Waals surface area contributed by atoms with Gasteiger partial charge in [0.05, 0.1) is 26.4 Å². The molecule has 37 heavy (non-hydrogen) atoms. The fraction of sp³-hybridized carbons (Fsp3) is 0.448. The maximum Gasteiger partial charge on any atom is 0.146 e. The van der Waals surface area contributed by atoms with Crippen LogP contribution in [0.1, 0.15) is 28.7 Å². The van der Waals surface area contributed by atoms with Crippen LogP contribution in [0.4, 0.5) is 0 Å². The zero-order valence-corrected chi connectivity index (χ0v) is 24.9. The van der Waals surface area contributed by atoms with Crippen LogP contribution in [0, 0.1) is 0 Å². The van der Waals surface area contributed by atoms with E-state index in [-0.39, 0.29) is 0 Å². The van der Waals surface area contributed by atoms with E-state index in [4.69, 9.17) is 18.9 Å². The lowest BCUT2D eigenvalue weighted by Gasteiger charge is -2.07. The number of rotatable bonds is 24. The molecule has 0 spiro atoms. The van der Waals surface area contributed by atoms with Crippen molar-refractivity contribution < 1.29 is 18.9 Å². The summed E-state index contributed by atoms with van der Waals surface area (Å²) in [5.41, 5.74) is 5.00. The van der Waals surface area contributed by atoms with E-state index < -0.39 is 0 Å². The van der Waals surface area contributed by atoms with Gasteiger partial charge in [0.1, 0.15) is 13.6 Å². The average molecular weight is 581 g/mol. The van der Waals surface area contributed by atoms with Crippen LogP contribution in [-0.2, 0) is 30.5 Å². The van der Waals surface area contributed by atoms with Crippen molar-refractivity contribution in [3.8, 4) is 0 Å². The molecule has 0 aliphatic rings. The smallest absolute Gasteiger partial charge is 0.146 e. The molecule has 0 aliphatic heterocycles. The summed E-state index contributed by atoms with van der Waals surface area (Å²) in [6.07, 6.45) is 4.77. The van der Waals surface area contributed by atoms with Crippen molar-refractivity contribution in [1.29, 1.82) is 0 Å². The Hall–Kier alpha value is -0.840. The molecule has 4 nitrogen and oxygen atoms in total. The minimum absolute atomic E-state index is 0.363. The van der Waals surface area contributed by atoms with Gasteiger partial charge in [-0.15, -0.1) is 0 Å². The van der Waals surface area contributed by atoms with Gasteiger partial charge in [0.15, 0.2) is 0 Å². The molecule has 0 saturated heterocycles. The molecule has 0 amide bonds. The molecule has 2 aromatic rings. The molecule has 0 aromatic heterocycles. The van der Waals surface area contributed by atoms with Crippen LogP contribution >= 0.6 is 45.1 Å². The Morgan fingerprint density at radius 2 is 0.973 bits per heavy atom. The molecular formula is C29H40O4S4. The first kappa shape index (κ1) is 32.4. The van der Waals surface area contributed by atoms with E-state index in [1.165, 1.54) is 11.1 Å². The summed E-state index contributed by atoms with van der Waals surface area (Å²) in [7, 11) is 3.60. The van der Waals surface area contributed by atoms with Crippen LogP contribution in [-0.4, -0.2) is 63.0 Å². The van der Waals surface area contributed by atoms with E-state index in [2.05, 4.69) is 61.7 Å². The fourth-order valence-electron chi connectivity index (χ4n) is 2.92. The molecule has 204 valence electrons. The highest BCUT2D eigenvalue weighted by molar-refractivity contribution is 8.76. The molecule has 2 rings (SSSR count). The highest BCUT2D eigenvalue weighted by Crippen LogP contribution is 2.20. The fourth-order valence-corrected chi connectivity index (χ4v) is 6.34. The lowest BCUT2D eigenvalue weighted by Crippen LogP contribution is -2.06. The largest absolute Gasteiger partial charge is 0.355 e. The van der Waals surface area contributed by atoms with E-state index in [0.717, 1.165) is 58.7 Å². The molecule has 0 radical (unpaired) electrons. The molecule has 0 fully saturated rings. The first-order valence-electron chi connectivity index (χ1n) is 12.5. The molecule has 0 unspecified atom stereocenters. The molecule has 0 bridgehead atoms. The lowest BCUT2D eigenvalue weighted by molar-refractivity contribution is -0.0477. The summed E-state index contributed by atoms with van der Waals surface area (Å²) in [4.78, 5) is 0. The Morgan fingerprint density at radius 3 is 1.46 bits per heavy atom. The second-order valence-corrected chi connectivity index (χ2v) is 12.8. The zero-order chi connectivity index (χ0) is 26.2. The molecular weight excluding hydrogens is 541 g/mol. The van der Waals surface area contributed by atoms with Crippen LogP contribution in [0.2, 0.25) is 0 Å². The van der Waals surface area contributed by atoms with Crippen molar-refractivity contribution in [3.05, 3.63) is 83.9 Å². The van der Waals surface area contributed by atoms with Gasteiger partial charge in [0.25, 0.3) is 0 Å². The summed E-state index contributed by atoms with van der Waals surface area (Å²) in [6.45, 7) is 11.1. The van der Waals surface area contributed by atoms with Crippen molar-refractivity contribution in [1.82, 2.24) is 0 Å². The van der Waals surface area contributed by atoms with E-state index in [9.17, 15) is 0 Å². The van der Waals surface area contributed by atoms with E-state index in [1.54, 1.807) is 21.6 Å². The van der Waals surface area contributed by atoms with Gasteiger partial charge < -0.3 is 18.9 Å². The number of hydrogen-bond acceptors (Lipinski definition) is 8. The van der Waals surface area contributed by atoms with Crippen LogP contribution < -0.4 is 0 Å². The lowest BCUT2D eigenvalue weighted by atomic mass is 10.1. The Balaban J connectivity index is 1.23. The van der Waals surface area contributed by atoms with Gasteiger partial charge in [0.2, 0.25) is 0 Å². The molecule has 2 aromatic carbocycles. The van der Waals surface area contributed by atoms with Crippen molar-refractivity contribution in [2.45, 2.75) is 17.9 Å². The molecule has 0 saturated carbocycles. The third-order valence-corrected chi connectivity index (χ3v) is 9.40. The third-order valence-electron chi connectivity index (χ3n) is 4.96. The second kappa shape index (κ2) is 23.1. The Morgan fingerprint density at radius 1 is 0.541 bits per heavy atom. The number of thioether (sulfide) groups is 2.